The van der Waals surface area contributed by atoms with Gasteiger partial charge in [-0.2, -0.15) is 0 Å². The van der Waals surface area contributed by atoms with Gasteiger partial charge in [-0.15, -0.1) is 0 Å². The maximum absolute atomic E-state index is 12.4. The van der Waals surface area contributed by atoms with Gasteiger partial charge in [-0.3, -0.25) is 0 Å². The summed E-state index contributed by atoms with van der Waals surface area (Å²) in [6.07, 6.45) is 2.39. The maximum atomic E-state index is 12.4. The third kappa shape index (κ3) is 4.92. The number of methoxy groups -OCH3 is 1. The highest BCUT2D eigenvalue weighted by atomic mass is 32.2. The molecular weight excluding hydrogens is 338 g/mol. The fourth-order valence-corrected chi connectivity index (χ4v) is 5.29. The number of ether oxygens (including phenoxy) is 1. The summed E-state index contributed by atoms with van der Waals surface area (Å²) in [5.74, 6) is 0.766. The predicted octanol–water partition coefficient (Wildman–Crippen LogP) is 1.08. The number of aryl methyl sites for hydroxylation is 1. The molecule has 2 rings (SSSR count). The lowest BCUT2D eigenvalue weighted by Crippen LogP contribution is -2.43. The van der Waals surface area contributed by atoms with Crippen LogP contribution in [0.1, 0.15) is 18.4 Å². The highest BCUT2D eigenvalue weighted by molar-refractivity contribution is 7.91. The summed E-state index contributed by atoms with van der Waals surface area (Å²) in [4.78, 5) is 0. The number of sulfone groups is 1. The summed E-state index contributed by atoms with van der Waals surface area (Å²) in [6, 6.07) is 7.31. The molecule has 0 bridgehead atoms. The molecule has 0 saturated carbocycles. The van der Waals surface area contributed by atoms with Gasteiger partial charge in [0.15, 0.2) is 0 Å². The largest absolute Gasteiger partial charge is 0.497 e. The van der Waals surface area contributed by atoms with Crippen molar-refractivity contribution in [3.8, 4) is 5.75 Å². The molecule has 0 N–H and O–H groups in total. The molecule has 0 amide bonds. The number of sulfonamides is 1. The van der Waals surface area contributed by atoms with Gasteiger partial charge in [0.1, 0.15) is 15.6 Å². The first kappa shape index (κ1) is 18.2. The third-order valence-electron chi connectivity index (χ3n) is 4.21. The van der Waals surface area contributed by atoms with E-state index >= 15 is 0 Å². The second-order valence-electron chi connectivity index (χ2n) is 5.84. The third-order valence-corrected chi connectivity index (χ3v) is 7.76. The average Bonchev–Trinajstić information content (AvgIpc) is 2.53. The smallest absolute Gasteiger partial charge is 0.214 e. The Hall–Kier alpha value is -1.12. The van der Waals surface area contributed by atoms with Gasteiger partial charge < -0.3 is 4.74 Å². The van der Waals surface area contributed by atoms with E-state index in [4.69, 9.17) is 4.74 Å². The Balaban J connectivity index is 1.92. The van der Waals surface area contributed by atoms with Crippen LogP contribution in [0.3, 0.4) is 0 Å². The molecule has 1 aliphatic heterocycles. The van der Waals surface area contributed by atoms with Crippen LogP contribution in [0.15, 0.2) is 24.3 Å². The minimum Gasteiger partial charge on any atom is -0.497 e. The summed E-state index contributed by atoms with van der Waals surface area (Å²) in [7, 11) is -4.87. The van der Waals surface area contributed by atoms with Crippen LogP contribution >= 0.6 is 0 Å². The Morgan fingerprint density at radius 1 is 1.09 bits per heavy atom. The van der Waals surface area contributed by atoms with Gasteiger partial charge in [0.2, 0.25) is 10.0 Å². The summed E-state index contributed by atoms with van der Waals surface area (Å²) >= 11 is 0. The molecule has 1 aromatic rings. The first-order valence-corrected chi connectivity index (χ1v) is 11.1. The first-order valence-electron chi connectivity index (χ1n) is 7.52. The SMILES string of the molecule is COc1ccc(CCS(=O)(=O)N2CCC(S(C)(=O)=O)CC2)cc1. The van der Waals surface area contributed by atoms with Gasteiger partial charge in [-0.05, 0) is 37.0 Å². The number of hydrogen-bond donors (Lipinski definition) is 0. The Morgan fingerprint density at radius 3 is 2.13 bits per heavy atom. The van der Waals surface area contributed by atoms with Crippen LogP contribution in [0.4, 0.5) is 0 Å². The van der Waals surface area contributed by atoms with Gasteiger partial charge in [0, 0.05) is 19.3 Å². The molecule has 1 heterocycles. The van der Waals surface area contributed by atoms with Crippen LogP contribution in [0, 0.1) is 0 Å². The van der Waals surface area contributed by atoms with E-state index in [0.29, 0.717) is 19.3 Å². The fourth-order valence-electron chi connectivity index (χ4n) is 2.71. The normalized spacial score (nSPS) is 18.0. The van der Waals surface area contributed by atoms with E-state index in [2.05, 4.69) is 0 Å². The van der Waals surface area contributed by atoms with Crippen LogP contribution < -0.4 is 4.74 Å². The zero-order valence-corrected chi connectivity index (χ0v) is 15.1. The lowest BCUT2D eigenvalue weighted by Gasteiger charge is -2.30. The second-order valence-corrected chi connectivity index (χ2v) is 10.3. The number of piperidine rings is 1. The molecule has 0 spiro atoms. The molecule has 0 aliphatic carbocycles. The Kier molecular flexibility index (Phi) is 5.70. The number of rotatable bonds is 6. The summed E-state index contributed by atoms with van der Waals surface area (Å²) in [5.41, 5.74) is 0.931. The quantitative estimate of drug-likeness (QED) is 0.757. The van der Waals surface area contributed by atoms with Gasteiger partial charge >= 0.3 is 0 Å². The van der Waals surface area contributed by atoms with E-state index in [1.807, 2.05) is 12.1 Å². The van der Waals surface area contributed by atoms with Gasteiger partial charge in [0.05, 0.1) is 18.1 Å². The Bertz CT molecular complexity index is 718. The van der Waals surface area contributed by atoms with Crippen molar-refractivity contribution in [3.05, 3.63) is 29.8 Å². The lowest BCUT2D eigenvalue weighted by molar-refractivity contribution is 0.346. The van der Waals surface area contributed by atoms with Crippen molar-refractivity contribution in [2.75, 3.05) is 32.2 Å². The average molecular weight is 361 g/mol. The minimum atomic E-state index is -3.36. The molecule has 6 nitrogen and oxygen atoms in total. The van der Waals surface area contributed by atoms with Crippen molar-refractivity contribution in [1.82, 2.24) is 4.31 Å². The van der Waals surface area contributed by atoms with E-state index in [0.717, 1.165) is 11.3 Å². The van der Waals surface area contributed by atoms with Crippen molar-refractivity contribution in [2.24, 2.45) is 0 Å². The molecule has 23 heavy (non-hydrogen) atoms. The van der Waals surface area contributed by atoms with Crippen LogP contribution in [0.5, 0.6) is 5.75 Å². The summed E-state index contributed by atoms with van der Waals surface area (Å²) < 4.78 is 54.3. The molecule has 0 atom stereocenters. The molecule has 8 heteroatoms. The van der Waals surface area contributed by atoms with Gasteiger partial charge in [0.25, 0.3) is 0 Å². The molecule has 1 aromatic carbocycles. The van der Waals surface area contributed by atoms with Gasteiger partial charge in [-0.25, -0.2) is 21.1 Å². The molecule has 130 valence electrons. The van der Waals surface area contributed by atoms with Crippen LogP contribution in [0.25, 0.3) is 0 Å². The minimum absolute atomic E-state index is 0.0306. The number of benzene rings is 1. The van der Waals surface area contributed by atoms with Crippen molar-refractivity contribution in [2.45, 2.75) is 24.5 Å². The molecule has 0 aromatic heterocycles. The summed E-state index contributed by atoms with van der Waals surface area (Å²) in [5, 5.41) is -0.421. The predicted molar refractivity (Wildman–Crippen MR) is 89.9 cm³/mol. The summed E-state index contributed by atoms with van der Waals surface area (Å²) in [6.45, 7) is 0.561. The van der Waals surface area contributed by atoms with Crippen molar-refractivity contribution >= 4 is 19.9 Å². The lowest BCUT2D eigenvalue weighted by atomic mass is 10.2. The molecular formula is C15H23NO5S2. The standard InChI is InChI=1S/C15H23NO5S2/c1-21-14-5-3-13(4-6-14)9-12-23(19,20)16-10-7-15(8-11-16)22(2,17)18/h3-6,15H,7-12H2,1-2H3. The van der Waals surface area contributed by atoms with E-state index in [1.165, 1.54) is 10.6 Å². The highest BCUT2D eigenvalue weighted by Crippen LogP contribution is 2.20. The second kappa shape index (κ2) is 7.19. The van der Waals surface area contributed by atoms with Crippen LogP contribution in [-0.4, -0.2) is 58.6 Å². The van der Waals surface area contributed by atoms with E-state index in [9.17, 15) is 16.8 Å². The van der Waals surface area contributed by atoms with Crippen molar-refractivity contribution < 1.29 is 21.6 Å². The van der Waals surface area contributed by atoms with Crippen LogP contribution in [0.2, 0.25) is 0 Å². The van der Waals surface area contributed by atoms with Crippen molar-refractivity contribution in [1.29, 1.82) is 0 Å². The highest BCUT2D eigenvalue weighted by Gasteiger charge is 2.31. The molecule has 1 fully saturated rings. The monoisotopic (exact) mass is 361 g/mol. The number of hydrogen-bond acceptors (Lipinski definition) is 5. The van der Waals surface area contributed by atoms with E-state index < -0.39 is 25.1 Å². The van der Waals surface area contributed by atoms with E-state index in [-0.39, 0.29) is 18.8 Å². The molecule has 1 aliphatic rings. The molecule has 0 radical (unpaired) electrons. The zero-order chi connectivity index (χ0) is 17.1. The molecule has 1 saturated heterocycles. The van der Waals surface area contributed by atoms with Gasteiger partial charge in [-0.1, -0.05) is 12.1 Å². The Labute approximate surface area is 138 Å². The van der Waals surface area contributed by atoms with Crippen molar-refractivity contribution in [3.63, 3.8) is 0 Å². The molecule has 0 unspecified atom stereocenters. The number of nitrogens with zero attached hydrogens (tertiary/aromatic N) is 1. The Morgan fingerprint density at radius 2 is 1.65 bits per heavy atom. The fraction of sp³-hybridized carbons (Fsp3) is 0.600. The van der Waals surface area contributed by atoms with Crippen LogP contribution in [-0.2, 0) is 26.3 Å². The van der Waals surface area contributed by atoms with E-state index in [1.54, 1.807) is 19.2 Å². The maximum Gasteiger partial charge on any atom is 0.214 e. The topological polar surface area (TPSA) is 80.8 Å². The first-order chi connectivity index (χ1) is 10.7. The zero-order valence-electron chi connectivity index (χ0n) is 13.4.